The summed E-state index contributed by atoms with van der Waals surface area (Å²) in [6.45, 7) is 5.26. The quantitative estimate of drug-likeness (QED) is 0.0381. The first-order valence-electron chi connectivity index (χ1n) is 22.6. The summed E-state index contributed by atoms with van der Waals surface area (Å²) in [5.74, 6) is -1.92. The van der Waals surface area contributed by atoms with Gasteiger partial charge in [0.15, 0.2) is 19.7 Å². The Morgan fingerprint density at radius 1 is 0.608 bits per heavy atom. The number of nitrogens with one attached hydrogen (secondary N) is 1. The fraction of sp³-hybridized carbons (Fsp3) is 0.333. The Hall–Kier alpha value is -6.08. The molecule has 4 aromatic heterocycles. The maximum absolute atomic E-state index is 12.2. The van der Waals surface area contributed by atoms with E-state index in [1.54, 1.807) is 12.1 Å². The predicted molar refractivity (Wildman–Crippen MR) is 278 cm³/mol. The van der Waals surface area contributed by atoms with Crippen LogP contribution in [0.25, 0.3) is 11.1 Å². The topological polar surface area (TPSA) is 284 Å². The molecule has 0 radical (unpaired) electrons. The second kappa shape index (κ2) is 24.1. The molecule has 4 heterocycles. The number of halogens is 2. The number of sulfone groups is 2. The van der Waals surface area contributed by atoms with Crippen LogP contribution < -0.4 is 24.3 Å². The third kappa shape index (κ3) is 14.2. The Balaban J connectivity index is 1.23. The van der Waals surface area contributed by atoms with Gasteiger partial charge in [0.1, 0.15) is 32.0 Å². The highest BCUT2D eigenvalue weighted by atomic mass is 79.9. The van der Waals surface area contributed by atoms with E-state index in [0.29, 0.717) is 31.2 Å². The van der Waals surface area contributed by atoms with Gasteiger partial charge in [0.05, 0.1) is 37.4 Å². The van der Waals surface area contributed by atoms with Crippen molar-refractivity contribution in [3.8, 4) is 34.6 Å². The molecule has 19 nitrogen and oxygen atoms in total. The van der Waals surface area contributed by atoms with E-state index < -0.39 is 55.8 Å². The molecule has 2 atom stereocenters. The predicted octanol–water partition coefficient (Wildman–Crippen LogP) is 7.14. The molecule has 0 bridgehead atoms. The van der Waals surface area contributed by atoms with E-state index in [0.717, 1.165) is 45.9 Å². The van der Waals surface area contributed by atoms with E-state index in [-0.39, 0.29) is 79.1 Å². The van der Waals surface area contributed by atoms with Crippen LogP contribution in [-0.4, -0.2) is 100 Å². The summed E-state index contributed by atoms with van der Waals surface area (Å²) in [7, 11) is -7.11. The largest absolute Gasteiger partial charge is 0.481 e. The molecule has 74 heavy (non-hydrogen) atoms. The SMILES string of the molecule is Cc1c(COc2nc(OCc3cncc(S(C)(=O)=O)c3)c(CC[C@](C)(CO)C(=O)O)cc2Br)cccc1-c1cccc(COc2nc(OCc3cncc(S(C)(=O)=O)c3)c(CN[C@](C)(CO)C(=O)O)cc2Br)c1C. The van der Waals surface area contributed by atoms with E-state index in [2.05, 4.69) is 57.1 Å². The van der Waals surface area contributed by atoms with E-state index in [1.165, 1.54) is 50.8 Å². The number of benzene rings is 2. The lowest BCUT2D eigenvalue weighted by atomic mass is 9.85. The van der Waals surface area contributed by atoms with E-state index >= 15 is 0 Å². The smallest absolute Gasteiger partial charge is 0.326 e. The van der Waals surface area contributed by atoms with Crippen LogP contribution in [0.2, 0.25) is 0 Å². The highest BCUT2D eigenvalue weighted by Gasteiger charge is 2.34. The first-order valence-corrected chi connectivity index (χ1v) is 28.0. The van der Waals surface area contributed by atoms with Gasteiger partial charge in [0.25, 0.3) is 0 Å². The number of rotatable bonds is 25. The number of aliphatic hydroxyl groups is 2. The van der Waals surface area contributed by atoms with E-state index in [9.17, 15) is 46.9 Å². The van der Waals surface area contributed by atoms with Crippen LogP contribution in [0.15, 0.2) is 104 Å². The summed E-state index contributed by atoms with van der Waals surface area (Å²) in [6.07, 6.45) is 7.75. The van der Waals surface area contributed by atoms with Crippen molar-refractivity contribution in [2.45, 2.75) is 88.8 Å². The molecule has 2 aromatic carbocycles. The molecule has 0 aliphatic carbocycles. The maximum Gasteiger partial charge on any atom is 0.326 e. The van der Waals surface area contributed by atoms with Crippen LogP contribution in [0.5, 0.6) is 23.5 Å². The zero-order valence-electron chi connectivity index (χ0n) is 41.2. The minimum absolute atomic E-state index is 0.00407. The Morgan fingerprint density at radius 3 is 1.47 bits per heavy atom. The summed E-state index contributed by atoms with van der Waals surface area (Å²) in [6, 6.07) is 17.9. The van der Waals surface area contributed by atoms with Gasteiger partial charge in [0.2, 0.25) is 23.5 Å². The number of carbonyl (C=O) groups is 2. The lowest BCUT2D eigenvalue weighted by Gasteiger charge is -2.24. The lowest BCUT2D eigenvalue weighted by Crippen LogP contribution is -2.52. The zero-order valence-corrected chi connectivity index (χ0v) is 46.0. The molecule has 0 spiro atoms. The van der Waals surface area contributed by atoms with Gasteiger partial charge in [-0.25, -0.2) is 16.8 Å². The van der Waals surface area contributed by atoms with Gasteiger partial charge in [-0.1, -0.05) is 36.4 Å². The van der Waals surface area contributed by atoms with Crippen LogP contribution in [0.3, 0.4) is 0 Å². The maximum atomic E-state index is 12.2. The van der Waals surface area contributed by atoms with Crippen molar-refractivity contribution in [3.63, 3.8) is 0 Å². The fourth-order valence-electron chi connectivity index (χ4n) is 7.25. The number of hydrogen-bond acceptors (Lipinski definition) is 17. The minimum atomic E-state index is -3.56. The number of aromatic nitrogens is 4. The first kappa shape index (κ1) is 57.2. The molecule has 0 aliphatic rings. The second-order valence-electron chi connectivity index (χ2n) is 18.1. The average Bonchev–Trinajstić information content (AvgIpc) is 3.36. The summed E-state index contributed by atoms with van der Waals surface area (Å²) in [5, 5.41) is 42.2. The van der Waals surface area contributed by atoms with Gasteiger partial charge in [-0.2, -0.15) is 9.97 Å². The van der Waals surface area contributed by atoms with Gasteiger partial charge < -0.3 is 39.4 Å². The average molecular weight is 1190 g/mol. The number of aryl methyl sites for hydroxylation is 1. The monoisotopic (exact) mass is 1180 g/mol. The number of carboxylic acids is 2. The highest BCUT2D eigenvalue weighted by Crippen LogP contribution is 2.36. The summed E-state index contributed by atoms with van der Waals surface area (Å²) >= 11 is 7.10. The molecular formula is C51H55Br2N5O14S2. The molecule has 5 N–H and O–H groups in total. The van der Waals surface area contributed by atoms with Gasteiger partial charge >= 0.3 is 11.9 Å². The number of pyridine rings is 4. The summed E-state index contributed by atoms with van der Waals surface area (Å²) < 4.78 is 74.6. The Bertz CT molecular complexity index is 3080. The zero-order chi connectivity index (χ0) is 54.2. The summed E-state index contributed by atoms with van der Waals surface area (Å²) in [4.78, 5) is 41.4. The molecule has 394 valence electrons. The molecular weight excluding hydrogens is 1130 g/mol. The molecule has 0 saturated carbocycles. The molecule has 0 aliphatic heterocycles. The number of hydrogen-bond donors (Lipinski definition) is 5. The number of carboxylic acid groups (broad SMARTS) is 2. The first-order chi connectivity index (χ1) is 34.8. The van der Waals surface area contributed by atoms with Crippen molar-refractivity contribution >= 4 is 63.5 Å². The number of ether oxygens (including phenoxy) is 4. The molecule has 6 rings (SSSR count). The van der Waals surface area contributed by atoms with Crippen molar-refractivity contribution in [1.29, 1.82) is 0 Å². The molecule has 0 amide bonds. The highest BCUT2D eigenvalue weighted by molar-refractivity contribution is 9.11. The molecule has 0 saturated heterocycles. The fourth-order valence-corrected chi connectivity index (χ4v) is 9.44. The number of aliphatic hydroxyl groups excluding tert-OH is 2. The van der Waals surface area contributed by atoms with Crippen LogP contribution >= 0.6 is 31.9 Å². The van der Waals surface area contributed by atoms with E-state index in [1.807, 2.05) is 50.2 Å². The third-order valence-corrected chi connectivity index (χ3v) is 15.6. The molecule has 0 fully saturated rings. The Kier molecular flexibility index (Phi) is 18.6. The normalized spacial score (nSPS) is 13.4. The van der Waals surface area contributed by atoms with E-state index in [4.69, 9.17) is 18.9 Å². The van der Waals surface area contributed by atoms with Gasteiger partial charge in [-0.15, -0.1) is 0 Å². The van der Waals surface area contributed by atoms with Crippen LogP contribution in [-0.2, 0) is 68.7 Å². The van der Waals surface area contributed by atoms with Crippen molar-refractivity contribution < 1.29 is 65.8 Å². The van der Waals surface area contributed by atoms with Crippen molar-refractivity contribution in [1.82, 2.24) is 25.3 Å². The third-order valence-electron chi connectivity index (χ3n) is 12.3. The van der Waals surface area contributed by atoms with Crippen molar-refractivity contribution in [2.75, 3.05) is 25.7 Å². The Morgan fingerprint density at radius 2 is 1.05 bits per heavy atom. The lowest BCUT2D eigenvalue weighted by molar-refractivity contribution is -0.150. The van der Waals surface area contributed by atoms with Crippen molar-refractivity contribution in [2.24, 2.45) is 5.41 Å². The Labute approximate surface area is 445 Å². The van der Waals surface area contributed by atoms with Gasteiger partial charge in [-0.05, 0) is 130 Å². The van der Waals surface area contributed by atoms with Gasteiger partial charge in [-0.3, -0.25) is 24.9 Å². The second-order valence-corrected chi connectivity index (χ2v) is 23.8. The van der Waals surface area contributed by atoms with Crippen LogP contribution in [0, 0.1) is 19.3 Å². The van der Waals surface area contributed by atoms with Crippen molar-refractivity contribution in [3.05, 3.63) is 139 Å². The summed E-state index contributed by atoms with van der Waals surface area (Å²) in [5.41, 5.74) is 4.05. The minimum Gasteiger partial charge on any atom is -0.481 e. The molecule has 23 heteroatoms. The standard InChI is InChI=1S/C51H55Br2N5O14S2/c1-30-35(26-71-46-42(52)17-34(13-14-50(3,28-59)48(61)62)44(57-46)69-24-32-15-38(22-54-19-32)73(5,65)66)9-7-11-40(30)41-12-8-10-36(31(41)2)27-72-47-43(53)18-37(21-56-51(4,29-60)49(63)64)45(58-47)70-25-33-16-39(23-55-20-33)74(6,67)68/h7-12,15-20,22-23,56,59-60H,13-14,21,24-29H2,1-6H3,(H,61,62)(H,63,64)/t50-,51-/m1/s1. The number of nitrogens with zero attached hydrogens (tertiary/aromatic N) is 4. The van der Waals surface area contributed by atoms with Crippen LogP contribution in [0.1, 0.15) is 64.8 Å². The van der Waals surface area contributed by atoms with Gasteiger partial charge in [0, 0.05) is 66.1 Å². The molecule has 6 aromatic rings. The number of aliphatic carboxylic acids is 2. The van der Waals surface area contributed by atoms with Crippen LogP contribution in [0.4, 0.5) is 0 Å². The molecule has 0 unspecified atom stereocenters.